The van der Waals surface area contributed by atoms with Crippen LogP contribution in [0.25, 0.3) is 16.7 Å². The minimum absolute atomic E-state index is 0.0516. The standard InChI is InChI=1S/C24H31FN6O3/c1-15-8-16-11-26-31(21(16)9-19(15)18-4-5-29(2)13-20(18)25)23-10-22(27-24(28-23)33-3)30-6-7-34-17(12-30)14-32/h8-11,17-18,20,32H,4-7,12-14H2,1-3H3/t17?,18-,20-/m0/s1. The quantitative estimate of drug-likeness (QED) is 0.607. The van der Waals surface area contributed by atoms with Crippen LogP contribution in [0.1, 0.15) is 23.5 Å². The Morgan fingerprint density at radius 1 is 1.18 bits per heavy atom. The van der Waals surface area contributed by atoms with Crippen LogP contribution in [-0.4, -0.2) is 95.6 Å². The minimum Gasteiger partial charge on any atom is -0.467 e. The molecule has 1 N–H and O–H groups in total. The lowest BCUT2D eigenvalue weighted by Gasteiger charge is -2.33. The van der Waals surface area contributed by atoms with E-state index in [1.54, 1.807) is 10.9 Å². The van der Waals surface area contributed by atoms with Crippen molar-refractivity contribution in [2.24, 2.45) is 0 Å². The number of aliphatic hydroxyl groups is 1. The number of rotatable bonds is 5. The van der Waals surface area contributed by atoms with E-state index in [1.807, 2.05) is 29.8 Å². The fraction of sp³-hybridized carbons (Fsp3) is 0.542. The number of fused-ring (bicyclic) bond motifs is 1. The molecule has 3 atom stereocenters. The maximum atomic E-state index is 15.0. The van der Waals surface area contributed by atoms with Gasteiger partial charge in [-0.15, -0.1) is 0 Å². The molecule has 0 bridgehead atoms. The second kappa shape index (κ2) is 9.44. The number of halogens is 1. The van der Waals surface area contributed by atoms with Gasteiger partial charge in [0, 0.05) is 37.0 Å². The maximum absolute atomic E-state index is 15.0. The van der Waals surface area contributed by atoms with E-state index < -0.39 is 6.17 Å². The third-order valence-electron chi connectivity index (χ3n) is 6.84. The monoisotopic (exact) mass is 470 g/mol. The van der Waals surface area contributed by atoms with Crippen LogP contribution in [0, 0.1) is 6.92 Å². The topological polar surface area (TPSA) is 88.8 Å². The Kier molecular flexibility index (Phi) is 6.37. The first kappa shape index (κ1) is 22.9. The number of aliphatic hydroxyl groups excluding tert-OH is 1. The molecule has 2 fully saturated rings. The van der Waals surface area contributed by atoms with Gasteiger partial charge in [-0.1, -0.05) is 0 Å². The minimum atomic E-state index is -0.905. The van der Waals surface area contributed by atoms with Gasteiger partial charge in [0.25, 0.3) is 0 Å². The summed E-state index contributed by atoms with van der Waals surface area (Å²) in [6, 6.07) is 6.23. The summed E-state index contributed by atoms with van der Waals surface area (Å²) < 4.78 is 27.7. The average molecular weight is 471 g/mol. The molecule has 0 spiro atoms. The highest BCUT2D eigenvalue weighted by molar-refractivity contribution is 5.82. The molecule has 34 heavy (non-hydrogen) atoms. The van der Waals surface area contributed by atoms with Crippen LogP contribution in [0.2, 0.25) is 0 Å². The summed E-state index contributed by atoms with van der Waals surface area (Å²) in [7, 11) is 3.49. The molecule has 2 saturated heterocycles. The van der Waals surface area contributed by atoms with E-state index in [4.69, 9.17) is 9.47 Å². The Bertz CT molecular complexity index is 1170. The first-order valence-corrected chi connectivity index (χ1v) is 11.7. The number of aryl methyl sites for hydroxylation is 1. The largest absolute Gasteiger partial charge is 0.467 e. The molecule has 1 aromatic carbocycles. The molecule has 2 aliphatic heterocycles. The molecule has 9 nitrogen and oxygen atoms in total. The highest BCUT2D eigenvalue weighted by Gasteiger charge is 2.30. The van der Waals surface area contributed by atoms with Gasteiger partial charge in [0.15, 0.2) is 5.82 Å². The van der Waals surface area contributed by atoms with Gasteiger partial charge in [0.1, 0.15) is 12.0 Å². The number of alkyl halides is 1. The van der Waals surface area contributed by atoms with Crippen molar-refractivity contribution in [2.45, 2.75) is 31.5 Å². The van der Waals surface area contributed by atoms with E-state index in [1.165, 1.54) is 7.11 Å². The Morgan fingerprint density at radius 3 is 2.76 bits per heavy atom. The van der Waals surface area contributed by atoms with Gasteiger partial charge in [-0.2, -0.15) is 15.1 Å². The average Bonchev–Trinajstić information content (AvgIpc) is 3.26. The lowest BCUT2D eigenvalue weighted by molar-refractivity contribution is 0.00333. The normalized spacial score (nSPS) is 24.0. The predicted octanol–water partition coefficient (Wildman–Crippen LogP) is 2.09. The van der Waals surface area contributed by atoms with Gasteiger partial charge in [-0.25, -0.2) is 9.07 Å². The number of hydrogen-bond acceptors (Lipinski definition) is 8. The van der Waals surface area contributed by atoms with Crippen molar-refractivity contribution in [2.75, 3.05) is 58.5 Å². The number of methoxy groups -OCH3 is 1. The van der Waals surface area contributed by atoms with Gasteiger partial charge in [-0.05, 0) is 50.2 Å². The van der Waals surface area contributed by atoms with Gasteiger partial charge in [0.05, 0.1) is 38.1 Å². The molecule has 0 amide bonds. The SMILES string of the molecule is COc1nc(N2CCOC(CO)C2)cc(-n2ncc3cc(C)c([C@@H]4CCN(C)C[C@@H]4F)cc32)n1. The second-order valence-electron chi connectivity index (χ2n) is 9.19. The number of piperidine rings is 1. The lowest BCUT2D eigenvalue weighted by atomic mass is 9.85. The van der Waals surface area contributed by atoms with Crippen LogP contribution in [0.5, 0.6) is 6.01 Å². The first-order chi connectivity index (χ1) is 16.5. The van der Waals surface area contributed by atoms with Crippen molar-refractivity contribution in [3.63, 3.8) is 0 Å². The number of likely N-dealkylation sites (tertiary alicyclic amines) is 1. The number of morpholine rings is 1. The zero-order chi connectivity index (χ0) is 23.8. The zero-order valence-corrected chi connectivity index (χ0v) is 19.8. The lowest BCUT2D eigenvalue weighted by Crippen LogP contribution is -2.44. The molecule has 1 unspecified atom stereocenters. The van der Waals surface area contributed by atoms with E-state index >= 15 is 0 Å². The second-order valence-corrected chi connectivity index (χ2v) is 9.19. The molecular weight excluding hydrogens is 439 g/mol. The molecule has 2 aliphatic rings. The summed E-state index contributed by atoms with van der Waals surface area (Å²) in [5.41, 5.74) is 2.97. The van der Waals surface area contributed by atoms with Crippen molar-refractivity contribution >= 4 is 16.7 Å². The van der Waals surface area contributed by atoms with E-state index in [2.05, 4.69) is 27.2 Å². The van der Waals surface area contributed by atoms with Crippen molar-refractivity contribution in [3.8, 4) is 11.8 Å². The molecule has 182 valence electrons. The molecule has 4 heterocycles. The summed E-state index contributed by atoms with van der Waals surface area (Å²) in [4.78, 5) is 13.2. The summed E-state index contributed by atoms with van der Waals surface area (Å²) in [6.07, 6.45) is 1.42. The molecule has 5 rings (SSSR count). The fourth-order valence-corrected chi connectivity index (χ4v) is 4.99. The maximum Gasteiger partial charge on any atom is 0.320 e. The number of benzene rings is 1. The predicted molar refractivity (Wildman–Crippen MR) is 127 cm³/mol. The van der Waals surface area contributed by atoms with E-state index in [0.29, 0.717) is 37.9 Å². The Labute approximate surface area is 198 Å². The first-order valence-electron chi connectivity index (χ1n) is 11.7. The van der Waals surface area contributed by atoms with Crippen LogP contribution < -0.4 is 9.64 Å². The summed E-state index contributed by atoms with van der Waals surface area (Å²) in [5, 5.41) is 15.1. The Balaban J connectivity index is 1.55. The molecule has 2 aromatic heterocycles. The van der Waals surface area contributed by atoms with Gasteiger partial charge >= 0.3 is 6.01 Å². The number of anilines is 1. The third-order valence-corrected chi connectivity index (χ3v) is 6.84. The van der Waals surface area contributed by atoms with Gasteiger partial charge < -0.3 is 24.4 Å². The summed E-state index contributed by atoms with van der Waals surface area (Å²) in [6.45, 7) is 4.98. The van der Waals surface area contributed by atoms with Crippen LogP contribution in [0.15, 0.2) is 24.4 Å². The molecular formula is C24H31FN6O3. The van der Waals surface area contributed by atoms with Crippen molar-refractivity contribution in [1.82, 2.24) is 24.6 Å². The molecule has 0 radical (unpaired) electrons. The van der Waals surface area contributed by atoms with Crippen LogP contribution in [0.3, 0.4) is 0 Å². The van der Waals surface area contributed by atoms with Crippen molar-refractivity contribution in [3.05, 3.63) is 35.5 Å². The number of ether oxygens (including phenoxy) is 2. The summed E-state index contributed by atoms with van der Waals surface area (Å²) >= 11 is 0. The Morgan fingerprint density at radius 2 is 2.00 bits per heavy atom. The number of hydrogen-bond donors (Lipinski definition) is 1. The molecule has 0 aliphatic carbocycles. The number of aromatic nitrogens is 4. The highest BCUT2D eigenvalue weighted by atomic mass is 19.1. The van der Waals surface area contributed by atoms with E-state index in [0.717, 1.165) is 35.0 Å². The smallest absolute Gasteiger partial charge is 0.320 e. The Hall–Kier alpha value is -2.82. The summed E-state index contributed by atoms with van der Waals surface area (Å²) in [5.74, 6) is 1.11. The molecule has 3 aromatic rings. The van der Waals surface area contributed by atoms with E-state index in [-0.39, 0.29) is 24.6 Å². The highest BCUT2D eigenvalue weighted by Crippen LogP contribution is 2.35. The van der Waals surface area contributed by atoms with Gasteiger partial charge in [-0.3, -0.25) is 0 Å². The van der Waals surface area contributed by atoms with Crippen LogP contribution in [-0.2, 0) is 4.74 Å². The van der Waals surface area contributed by atoms with Crippen molar-refractivity contribution in [1.29, 1.82) is 0 Å². The molecule has 0 saturated carbocycles. The number of nitrogens with zero attached hydrogens (tertiary/aromatic N) is 6. The molecule has 10 heteroatoms. The van der Waals surface area contributed by atoms with Crippen LogP contribution >= 0.6 is 0 Å². The van der Waals surface area contributed by atoms with Crippen molar-refractivity contribution < 1.29 is 19.0 Å². The zero-order valence-electron chi connectivity index (χ0n) is 19.8. The van der Waals surface area contributed by atoms with E-state index in [9.17, 15) is 9.50 Å². The fourth-order valence-electron chi connectivity index (χ4n) is 4.99. The third kappa shape index (κ3) is 4.33. The van der Waals surface area contributed by atoms with Crippen LogP contribution in [0.4, 0.5) is 10.2 Å². The van der Waals surface area contributed by atoms with Gasteiger partial charge in [0.2, 0.25) is 0 Å².